The second kappa shape index (κ2) is 4.08. The topological polar surface area (TPSA) is 75.2 Å². The van der Waals surface area contributed by atoms with Gasteiger partial charge in [-0.2, -0.15) is 9.69 Å². The molecule has 0 aliphatic carbocycles. The highest BCUT2D eigenvalue weighted by molar-refractivity contribution is 6.11. The minimum absolute atomic E-state index is 0.252. The lowest BCUT2D eigenvalue weighted by Crippen LogP contribution is -2.54. The molecular weight excluding hydrogens is 246 g/mol. The predicted octanol–water partition coefficient (Wildman–Crippen LogP) is 0.751. The number of imide groups is 1. The van der Waals surface area contributed by atoms with Crippen LogP contribution in [0.15, 0.2) is 29.1 Å². The predicted molar refractivity (Wildman–Crippen MR) is 69.2 cm³/mol. The molecule has 19 heavy (non-hydrogen) atoms. The Balaban J connectivity index is 2.23. The van der Waals surface area contributed by atoms with Crippen LogP contribution in [0.25, 0.3) is 11.0 Å². The summed E-state index contributed by atoms with van der Waals surface area (Å²) >= 11 is 0. The van der Waals surface area contributed by atoms with Crippen LogP contribution >= 0.6 is 0 Å². The van der Waals surface area contributed by atoms with Crippen LogP contribution in [0.3, 0.4) is 0 Å². The molecule has 1 N–H and O–H groups in total. The summed E-state index contributed by atoms with van der Waals surface area (Å²) < 4.78 is 1.13. The quantitative estimate of drug-likeness (QED) is 0.768. The minimum Gasteiger partial charge on any atom is -0.304 e. The monoisotopic (exact) mass is 259 g/mol. The number of H-pyrrole nitrogens is 1. The molecule has 0 bridgehead atoms. The number of carbonyl (C=O) groups excluding carboxylic acids is 2. The van der Waals surface area contributed by atoms with Crippen molar-refractivity contribution in [3.63, 3.8) is 0 Å². The molecule has 1 aliphatic rings. The summed E-state index contributed by atoms with van der Waals surface area (Å²) in [6.45, 7) is 1.77. The number of fused-ring (bicyclic) bond motifs is 1. The molecule has 1 aromatic carbocycles. The fourth-order valence-electron chi connectivity index (χ4n) is 2.35. The van der Waals surface area contributed by atoms with E-state index in [2.05, 4.69) is 4.98 Å². The maximum Gasteiger partial charge on any atom is 0.346 e. The molecule has 1 saturated heterocycles. The van der Waals surface area contributed by atoms with Crippen LogP contribution in [0.5, 0.6) is 0 Å². The van der Waals surface area contributed by atoms with Gasteiger partial charge in [-0.15, -0.1) is 0 Å². The van der Waals surface area contributed by atoms with E-state index in [-0.39, 0.29) is 24.2 Å². The van der Waals surface area contributed by atoms with Crippen molar-refractivity contribution in [1.29, 1.82) is 0 Å². The lowest BCUT2D eigenvalue weighted by Gasteiger charge is -2.28. The van der Waals surface area contributed by atoms with Crippen LogP contribution in [-0.2, 0) is 9.59 Å². The highest BCUT2D eigenvalue weighted by Gasteiger charge is 2.34. The van der Waals surface area contributed by atoms with Gasteiger partial charge in [-0.25, -0.2) is 4.79 Å². The van der Waals surface area contributed by atoms with E-state index in [0.29, 0.717) is 17.5 Å². The number of rotatable bonds is 1. The van der Waals surface area contributed by atoms with Gasteiger partial charge in [0.05, 0.1) is 11.0 Å². The largest absolute Gasteiger partial charge is 0.346 e. The third kappa shape index (κ3) is 1.68. The fraction of sp³-hybridized carbons (Fsp3) is 0.308. The number of amides is 2. The molecule has 98 valence electrons. The minimum atomic E-state index is -0.475. The number of hydrogen-bond donors (Lipinski definition) is 1. The second-order valence-corrected chi connectivity index (χ2v) is 4.74. The van der Waals surface area contributed by atoms with Crippen molar-refractivity contribution in [3.8, 4) is 0 Å². The standard InChI is InChI=1S/C13H13N3O3/c1-8-6-7-11(17)16(12(8)18)15-10-5-3-2-4-9(10)14-13(15)19/h2-5,8H,6-7H2,1H3,(H,14,19). The van der Waals surface area contributed by atoms with Crippen molar-refractivity contribution >= 4 is 22.8 Å². The van der Waals surface area contributed by atoms with Gasteiger partial charge in [0.2, 0.25) is 5.91 Å². The van der Waals surface area contributed by atoms with E-state index in [1.807, 2.05) is 0 Å². The molecule has 1 aromatic heterocycles. The van der Waals surface area contributed by atoms with E-state index in [9.17, 15) is 14.4 Å². The maximum absolute atomic E-state index is 12.2. The Morgan fingerprint density at radius 3 is 2.74 bits per heavy atom. The van der Waals surface area contributed by atoms with Gasteiger partial charge < -0.3 is 4.98 Å². The summed E-state index contributed by atoms with van der Waals surface area (Å²) in [6.07, 6.45) is 0.810. The van der Waals surface area contributed by atoms with E-state index >= 15 is 0 Å². The third-order valence-electron chi connectivity index (χ3n) is 3.42. The van der Waals surface area contributed by atoms with Crippen molar-refractivity contribution in [2.75, 3.05) is 5.01 Å². The van der Waals surface area contributed by atoms with Crippen LogP contribution in [0.4, 0.5) is 0 Å². The van der Waals surface area contributed by atoms with E-state index < -0.39 is 5.69 Å². The summed E-state index contributed by atoms with van der Waals surface area (Å²) in [5.41, 5.74) is 0.659. The summed E-state index contributed by atoms with van der Waals surface area (Å²) in [5, 5.41) is 0.968. The average molecular weight is 259 g/mol. The Morgan fingerprint density at radius 2 is 1.95 bits per heavy atom. The van der Waals surface area contributed by atoms with E-state index in [1.165, 1.54) is 0 Å². The molecule has 2 aromatic rings. The van der Waals surface area contributed by atoms with Gasteiger partial charge in [0, 0.05) is 12.3 Å². The van der Waals surface area contributed by atoms with Crippen molar-refractivity contribution in [3.05, 3.63) is 34.7 Å². The first-order chi connectivity index (χ1) is 9.09. The van der Waals surface area contributed by atoms with Crippen LogP contribution < -0.4 is 10.7 Å². The van der Waals surface area contributed by atoms with Gasteiger partial charge >= 0.3 is 5.69 Å². The lowest BCUT2D eigenvalue weighted by molar-refractivity contribution is -0.134. The Kier molecular flexibility index (Phi) is 2.51. The van der Waals surface area contributed by atoms with Crippen LogP contribution in [-0.4, -0.2) is 21.5 Å². The Hall–Kier alpha value is -2.37. The zero-order chi connectivity index (χ0) is 13.6. The fourth-order valence-corrected chi connectivity index (χ4v) is 2.35. The Labute approximate surface area is 108 Å². The summed E-state index contributed by atoms with van der Waals surface area (Å²) in [4.78, 5) is 38.8. The highest BCUT2D eigenvalue weighted by atomic mass is 16.2. The first-order valence-electron chi connectivity index (χ1n) is 6.16. The molecule has 2 heterocycles. The Morgan fingerprint density at radius 1 is 1.21 bits per heavy atom. The lowest BCUT2D eigenvalue weighted by atomic mass is 10.00. The van der Waals surface area contributed by atoms with Gasteiger partial charge in [0.1, 0.15) is 0 Å². The van der Waals surface area contributed by atoms with Crippen molar-refractivity contribution in [2.24, 2.45) is 5.92 Å². The summed E-state index contributed by atoms with van der Waals surface area (Å²) in [5.74, 6) is -0.920. The number of hydrogen-bond acceptors (Lipinski definition) is 3. The molecular formula is C13H13N3O3. The molecule has 6 heteroatoms. The number of imidazole rings is 1. The summed E-state index contributed by atoms with van der Waals surface area (Å²) in [6, 6.07) is 6.97. The number of nitrogens with zero attached hydrogens (tertiary/aromatic N) is 2. The molecule has 0 radical (unpaired) electrons. The van der Waals surface area contributed by atoms with Crippen LogP contribution in [0.1, 0.15) is 19.8 Å². The number of aromatic amines is 1. The molecule has 1 fully saturated rings. The zero-order valence-electron chi connectivity index (χ0n) is 10.4. The van der Waals surface area contributed by atoms with Gasteiger partial charge in [0.25, 0.3) is 5.91 Å². The van der Waals surface area contributed by atoms with Gasteiger partial charge in [0.15, 0.2) is 0 Å². The van der Waals surface area contributed by atoms with Crippen molar-refractivity contribution < 1.29 is 9.59 Å². The van der Waals surface area contributed by atoms with Gasteiger partial charge in [-0.1, -0.05) is 19.1 Å². The number of carbonyl (C=O) groups is 2. The SMILES string of the molecule is CC1CCC(=O)N(n2c(=O)[nH]c3ccccc32)C1=O. The Bertz CT molecular complexity index is 728. The molecule has 3 rings (SSSR count). The number of aromatic nitrogens is 2. The highest BCUT2D eigenvalue weighted by Crippen LogP contribution is 2.19. The second-order valence-electron chi connectivity index (χ2n) is 4.74. The molecule has 1 unspecified atom stereocenters. The number of piperidine rings is 1. The molecule has 2 amide bonds. The molecule has 1 aliphatic heterocycles. The smallest absolute Gasteiger partial charge is 0.304 e. The van der Waals surface area contributed by atoms with Crippen LogP contribution in [0, 0.1) is 5.92 Å². The van der Waals surface area contributed by atoms with E-state index in [0.717, 1.165) is 9.69 Å². The number of benzene rings is 1. The molecule has 1 atom stereocenters. The normalized spacial score (nSPS) is 20.3. The summed E-state index contributed by atoms with van der Waals surface area (Å²) in [7, 11) is 0. The van der Waals surface area contributed by atoms with Crippen molar-refractivity contribution in [1.82, 2.24) is 9.66 Å². The van der Waals surface area contributed by atoms with E-state index in [1.54, 1.807) is 31.2 Å². The molecule has 0 saturated carbocycles. The van der Waals surface area contributed by atoms with Crippen molar-refractivity contribution in [2.45, 2.75) is 19.8 Å². The number of para-hydroxylation sites is 2. The van der Waals surface area contributed by atoms with Gasteiger partial charge in [-0.3, -0.25) is 9.59 Å². The third-order valence-corrected chi connectivity index (χ3v) is 3.42. The average Bonchev–Trinajstić information content (AvgIpc) is 2.72. The first-order valence-corrected chi connectivity index (χ1v) is 6.16. The maximum atomic E-state index is 12.2. The zero-order valence-corrected chi connectivity index (χ0v) is 10.4. The first kappa shape index (κ1) is 11.7. The molecule has 6 nitrogen and oxygen atoms in total. The number of nitrogens with one attached hydrogen (secondary N) is 1. The van der Waals surface area contributed by atoms with Gasteiger partial charge in [-0.05, 0) is 18.6 Å². The van der Waals surface area contributed by atoms with E-state index in [4.69, 9.17) is 0 Å². The molecule has 0 spiro atoms. The van der Waals surface area contributed by atoms with Crippen LogP contribution in [0.2, 0.25) is 0 Å².